The highest BCUT2D eigenvalue weighted by atomic mass is 32.2. The summed E-state index contributed by atoms with van der Waals surface area (Å²) in [5, 5.41) is 2.85. The van der Waals surface area contributed by atoms with Crippen LogP contribution in [0.3, 0.4) is 0 Å². The maximum absolute atomic E-state index is 13.2. The lowest BCUT2D eigenvalue weighted by atomic mass is 9.95. The third-order valence-corrected chi connectivity index (χ3v) is 5.63. The Hall–Kier alpha value is -2.68. The molecule has 2 unspecified atom stereocenters. The predicted molar refractivity (Wildman–Crippen MR) is 111 cm³/mol. The molecular formula is C20H26N4O4S. The second-order valence-electron chi connectivity index (χ2n) is 6.70. The summed E-state index contributed by atoms with van der Waals surface area (Å²) in [4.78, 5) is 34.7. The summed E-state index contributed by atoms with van der Waals surface area (Å²) >= 11 is 1.61. The number of rotatable bonds is 7. The molecule has 29 heavy (non-hydrogen) atoms. The SMILES string of the molecule is COC(=O)C(CCSC)NC(=O)N1CCc2[nH]cnc2C1c1cccc(OC)c1. The third-order valence-electron chi connectivity index (χ3n) is 4.99. The molecule has 2 atom stereocenters. The van der Waals surface area contributed by atoms with Gasteiger partial charge in [0, 0.05) is 18.7 Å². The van der Waals surface area contributed by atoms with E-state index >= 15 is 0 Å². The maximum atomic E-state index is 13.2. The van der Waals surface area contributed by atoms with E-state index in [0.717, 1.165) is 22.7 Å². The summed E-state index contributed by atoms with van der Waals surface area (Å²) in [7, 11) is 2.94. The van der Waals surface area contributed by atoms with E-state index in [1.807, 2.05) is 30.5 Å². The normalized spacial score (nSPS) is 16.7. The number of nitrogens with zero attached hydrogens (tertiary/aromatic N) is 2. The average molecular weight is 419 g/mol. The Balaban J connectivity index is 1.89. The number of ether oxygens (including phenoxy) is 2. The maximum Gasteiger partial charge on any atom is 0.328 e. The van der Waals surface area contributed by atoms with Crippen molar-refractivity contribution in [1.29, 1.82) is 0 Å². The predicted octanol–water partition coefficient (Wildman–Crippen LogP) is 2.37. The smallest absolute Gasteiger partial charge is 0.328 e. The van der Waals surface area contributed by atoms with E-state index in [2.05, 4.69) is 15.3 Å². The summed E-state index contributed by atoms with van der Waals surface area (Å²) < 4.78 is 10.2. The van der Waals surface area contributed by atoms with Gasteiger partial charge in [0.05, 0.1) is 26.2 Å². The van der Waals surface area contributed by atoms with E-state index in [0.29, 0.717) is 25.1 Å². The van der Waals surface area contributed by atoms with Crippen LogP contribution in [0.15, 0.2) is 30.6 Å². The molecule has 0 saturated carbocycles. The van der Waals surface area contributed by atoms with Crippen molar-refractivity contribution in [2.45, 2.75) is 24.9 Å². The molecular weight excluding hydrogens is 392 g/mol. The van der Waals surface area contributed by atoms with Crippen LogP contribution < -0.4 is 10.1 Å². The van der Waals surface area contributed by atoms with Gasteiger partial charge in [0.1, 0.15) is 17.8 Å². The van der Waals surface area contributed by atoms with E-state index in [4.69, 9.17) is 9.47 Å². The van der Waals surface area contributed by atoms with E-state index in [9.17, 15) is 9.59 Å². The first-order chi connectivity index (χ1) is 14.1. The van der Waals surface area contributed by atoms with Crippen LogP contribution in [-0.4, -0.2) is 65.7 Å². The fraction of sp³-hybridized carbons (Fsp3) is 0.450. The molecule has 0 spiro atoms. The number of aromatic amines is 1. The quantitative estimate of drug-likeness (QED) is 0.670. The fourth-order valence-corrected chi connectivity index (χ4v) is 3.97. The van der Waals surface area contributed by atoms with E-state index < -0.39 is 12.0 Å². The van der Waals surface area contributed by atoms with Crippen LogP contribution in [0.1, 0.15) is 29.4 Å². The Labute approximate surface area is 174 Å². The molecule has 0 bridgehead atoms. The Bertz CT molecular complexity index is 857. The monoisotopic (exact) mass is 418 g/mol. The molecule has 1 aliphatic rings. The number of methoxy groups -OCH3 is 2. The van der Waals surface area contributed by atoms with Gasteiger partial charge in [-0.15, -0.1) is 0 Å². The van der Waals surface area contributed by atoms with Gasteiger partial charge in [0.15, 0.2) is 0 Å². The first-order valence-corrected chi connectivity index (χ1v) is 10.8. The summed E-state index contributed by atoms with van der Waals surface area (Å²) in [6.45, 7) is 0.499. The lowest BCUT2D eigenvalue weighted by molar-refractivity contribution is -0.142. The molecule has 2 N–H and O–H groups in total. The van der Waals surface area contributed by atoms with Crippen LogP contribution in [0.2, 0.25) is 0 Å². The second kappa shape index (κ2) is 9.69. The van der Waals surface area contributed by atoms with Gasteiger partial charge in [0.2, 0.25) is 0 Å². The Morgan fingerprint density at radius 2 is 2.24 bits per heavy atom. The molecule has 0 radical (unpaired) electrons. The van der Waals surface area contributed by atoms with E-state index in [1.54, 1.807) is 30.1 Å². The lowest BCUT2D eigenvalue weighted by Crippen LogP contribution is -2.51. The van der Waals surface area contributed by atoms with Gasteiger partial charge in [-0.3, -0.25) is 0 Å². The Kier molecular flexibility index (Phi) is 7.03. The number of fused-ring (bicyclic) bond motifs is 1. The molecule has 0 fully saturated rings. The van der Waals surface area contributed by atoms with Crippen molar-refractivity contribution in [3.63, 3.8) is 0 Å². The minimum absolute atomic E-state index is 0.317. The van der Waals surface area contributed by atoms with Gasteiger partial charge in [-0.2, -0.15) is 11.8 Å². The van der Waals surface area contributed by atoms with Crippen LogP contribution in [0, 0.1) is 0 Å². The number of hydrogen-bond acceptors (Lipinski definition) is 6. The van der Waals surface area contributed by atoms with Crippen LogP contribution in [0.5, 0.6) is 5.75 Å². The fourth-order valence-electron chi connectivity index (χ4n) is 3.50. The summed E-state index contributed by atoms with van der Waals surface area (Å²) in [5.41, 5.74) is 2.71. The van der Waals surface area contributed by atoms with Crippen molar-refractivity contribution >= 4 is 23.8 Å². The number of carbonyl (C=O) groups excluding carboxylic acids is 2. The minimum atomic E-state index is -0.688. The highest BCUT2D eigenvalue weighted by molar-refractivity contribution is 7.98. The van der Waals surface area contributed by atoms with E-state index in [-0.39, 0.29) is 12.1 Å². The molecule has 0 aliphatic carbocycles. The Morgan fingerprint density at radius 3 is 2.97 bits per heavy atom. The number of H-pyrrole nitrogens is 1. The number of carbonyl (C=O) groups is 2. The summed E-state index contributed by atoms with van der Waals surface area (Å²) in [6.07, 6.45) is 4.77. The number of thioether (sulfide) groups is 1. The van der Waals surface area contributed by atoms with Crippen molar-refractivity contribution in [3.05, 3.63) is 47.5 Å². The average Bonchev–Trinajstić information content (AvgIpc) is 3.24. The number of amides is 2. The number of imidazole rings is 1. The molecule has 2 heterocycles. The highest BCUT2D eigenvalue weighted by Crippen LogP contribution is 2.34. The zero-order valence-electron chi connectivity index (χ0n) is 16.8. The van der Waals surface area contributed by atoms with E-state index in [1.165, 1.54) is 7.11 Å². The molecule has 2 aromatic rings. The first-order valence-electron chi connectivity index (χ1n) is 9.39. The van der Waals surface area contributed by atoms with Crippen molar-refractivity contribution in [2.24, 2.45) is 0 Å². The zero-order chi connectivity index (χ0) is 20.8. The number of nitrogens with one attached hydrogen (secondary N) is 2. The second-order valence-corrected chi connectivity index (χ2v) is 7.68. The van der Waals surface area contributed by atoms with Crippen molar-refractivity contribution in [2.75, 3.05) is 32.8 Å². The standard InChI is InChI=1S/C20H26N4O4S/c1-27-14-6-4-5-13(11-14)18-17-15(21-12-22-17)7-9-24(18)20(26)23-16(8-10-29-3)19(25)28-2/h4-6,11-12,16,18H,7-10H2,1-3H3,(H,21,22)(H,23,26). The van der Waals surface area contributed by atoms with Crippen molar-refractivity contribution in [3.8, 4) is 5.75 Å². The molecule has 156 valence electrons. The zero-order valence-corrected chi connectivity index (χ0v) is 17.6. The van der Waals surface area contributed by atoms with Gasteiger partial charge < -0.3 is 24.7 Å². The minimum Gasteiger partial charge on any atom is -0.497 e. The highest BCUT2D eigenvalue weighted by Gasteiger charge is 2.35. The van der Waals surface area contributed by atoms with Gasteiger partial charge in [0.25, 0.3) is 0 Å². The molecule has 2 amide bonds. The van der Waals surface area contributed by atoms with Gasteiger partial charge >= 0.3 is 12.0 Å². The summed E-state index contributed by atoms with van der Waals surface area (Å²) in [6, 6.07) is 6.22. The van der Waals surface area contributed by atoms with Gasteiger partial charge in [-0.05, 0) is 36.1 Å². The number of urea groups is 1. The van der Waals surface area contributed by atoms with Crippen LogP contribution in [-0.2, 0) is 16.0 Å². The first kappa shape index (κ1) is 21.0. The van der Waals surface area contributed by atoms with Crippen LogP contribution in [0.4, 0.5) is 4.79 Å². The molecule has 9 heteroatoms. The van der Waals surface area contributed by atoms with Crippen molar-refractivity contribution < 1.29 is 19.1 Å². The third kappa shape index (κ3) is 4.67. The largest absolute Gasteiger partial charge is 0.497 e. The molecule has 1 aromatic heterocycles. The molecule has 0 saturated heterocycles. The van der Waals surface area contributed by atoms with Crippen LogP contribution in [0.25, 0.3) is 0 Å². The van der Waals surface area contributed by atoms with Gasteiger partial charge in [-0.25, -0.2) is 14.6 Å². The van der Waals surface area contributed by atoms with Crippen molar-refractivity contribution in [1.82, 2.24) is 20.2 Å². The molecule has 3 rings (SSSR count). The Morgan fingerprint density at radius 1 is 1.41 bits per heavy atom. The topological polar surface area (TPSA) is 96.6 Å². The number of benzene rings is 1. The lowest BCUT2D eigenvalue weighted by Gasteiger charge is -2.36. The molecule has 1 aliphatic heterocycles. The van der Waals surface area contributed by atoms with Crippen LogP contribution >= 0.6 is 11.8 Å². The number of esters is 1. The molecule has 1 aromatic carbocycles. The number of aromatic nitrogens is 2. The molecule has 8 nitrogen and oxygen atoms in total. The number of hydrogen-bond donors (Lipinski definition) is 2. The summed E-state index contributed by atoms with van der Waals surface area (Å²) in [5.74, 6) is 1.00. The van der Waals surface area contributed by atoms with Gasteiger partial charge in [-0.1, -0.05) is 12.1 Å².